The van der Waals surface area contributed by atoms with E-state index in [1.54, 1.807) is 13.8 Å². The summed E-state index contributed by atoms with van der Waals surface area (Å²) in [5.41, 5.74) is 7.73. The molecule has 1 aliphatic rings. The zero-order valence-electron chi connectivity index (χ0n) is 25.2. The van der Waals surface area contributed by atoms with E-state index in [0.717, 1.165) is 30.1 Å². The molecule has 2 heterocycles. The minimum Gasteiger partial charge on any atom is -0.358 e. The summed E-state index contributed by atoms with van der Waals surface area (Å²) in [7, 11) is 0. The fraction of sp³-hybridized carbons (Fsp3) is 0.433. The minimum absolute atomic E-state index is 0.0390. The average molecular weight is 598 g/mol. The lowest BCUT2D eigenvalue weighted by atomic mass is 10.0. The lowest BCUT2D eigenvalue weighted by Gasteiger charge is -2.21. The van der Waals surface area contributed by atoms with Crippen LogP contribution in [-0.4, -0.2) is 84.7 Å². The average Bonchev–Trinajstić information content (AvgIpc) is 3.40. The number of nitrogens with two attached hydrogens (primary N) is 1. The van der Waals surface area contributed by atoms with Gasteiger partial charge in [0, 0.05) is 36.6 Å². The quantitative estimate of drug-likeness (QED) is 0.220. The molecule has 0 saturated heterocycles. The van der Waals surface area contributed by atoms with E-state index in [1.807, 2.05) is 0 Å². The number of ketones is 1. The number of fused-ring (bicyclic) bond motifs is 1. The van der Waals surface area contributed by atoms with Crippen LogP contribution in [-0.2, 0) is 14.4 Å². The number of carbonyl (C=O) groups excluding carboxylic acids is 5. The van der Waals surface area contributed by atoms with Gasteiger partial charge in [-0.05, 0) is 70.1 Å². The summed E-state index contributed by atoms with van der Waals surface area (Å²) < 4.78 is 14.3. The minimum atomic E-state index is -0.994. The molecule has 6 N–H and O–H groups in total. The maximum absolute atomic E-state index is 14.3. The number of H-pyrrole nitrogens is 1. The van der Waals surface area contributed by atoms with E-state index in [2.05, 4.69) is 39.7 Å². The second-order valence-electron chi connectivity index (χ2n) is 10.3. The molecule has 12 nitrogen and oxygen atoms in total. The molecule has 0 unspecified atom stereocenters. The van der Waals surface area contributed by atoms with Gasteiger partial charge in [0.25, 0.3) is 11.8 Å². The summed E-state index contributed by atoms with van der Waals surface area (Å²) in [6.45, 7) is 11.7. The Morgan fingerprint density at radius 1 is 1.12 bits per heavy atom. The Morgan fingerprint density at radius 3 is 2.44 bits per heavy atom. The number of amides is 5. The molecule has 13 heteroatoms. The number of aromatic amines is 1. The number of urea groups is 1. The van der Waals surface area contributed by atoms with E-state index >= 15 is 0 Å². The number of imide groups is 1. The summed E-state index contributed by atoms with van der Waals surface area (Å²) >= 11 is 0. The van der Waals surface area contributed by atoms with Gasteiger partial charge in [0.1, 0.15) is 5.82 Å². The molecule has 43 heavy (non-hydrogen) atoms. The molecule has 1 aliphatic heterocycles. The SMILES string of the molecule is CCN(CC)CCNC(=O)c1c(C)[nH]c(/C=C2\C(=O)N(C(=O)N[C@@H](CCNC(=O)CN)C(C)=O)c3ccc(F)cc32)c1C. The molecule has 1 atom stereocenters. The Kier molecular flexibility index (Phi) is 11.3. The number of likely N-dealkylation sites (N-methyl/N-ethyl adjacent to an activating group) is 1. The van der Waals surface area contributed by atoms with E-state index in [1.165, 1.54) is 19.1 Å². The number of aryl methyl sites for hydroxylation is 1. The van der Waals surface area contributed by atoms with E-state index in [4.69, 9.17) is 5.73 Å². The van der Waals surface area contributed by atoms with Crippen LogP contribution in [0.5, 0.6) is 0 Å². The van der Waals surface area contributed by atoms with Crippen LogP contribution >= 0.6 is 0 Å². The lowest BCUT2D eigenvalue weighted by Crippen LogP contribution is -2.49. The number of anilines is 1. The van der Waals surface area contributed by atoms with Gasteiger partial charge in [-0.3, -0.25) is 19.2 Å². The standard InChI is InChI=1S/C30H40FN7O5/c1-6-37(7-2)13-12-34-28(41)27-17(3)24(35-18(27)4)15-22-21-14-20(31)8-9-25(21)38(29(22)42)30(43)36-23(19(5)39)10-11-33-26(40)16-32/h8-9,14-15,23,35H,6-7,10-13,16,32H2,1-5H3,(H,33,40)(H,34,41)(H,36,43)/b22-15-/t23-/m0/s1. The number of benzene rings is 1. The number of nitrogens with zero attached hydrogens (tertiary/aromatic N) is 2. The number of halogens is 1. The first-order valence-electron chi connectivity index (χ1n) is 14.3. The van der Waals surface area contributed by atoms with Gasteiger partial charge in [-0.25, -0.2) is 14.1 Å². The summed E-state index contributed by atoms with van der Waals surface area (Å²) in [6.07, 6.45) is 1.57. The van der Waals surface area contributed by atoms with Gasteiger partial charge >= 0.3 is 6.03 Å². The Morgan fingerprint density at radius 2 is 1.81 bits per heavy atom. The number of rotatable bonds is 13. The number of aromatic nitrogens is 1. The normalized spacial score (nSPS) is 14.2. The number of hydrogen-bond acceptors (Lipinski definition) is 7. The first-order chi connectivity index (χ1) is 20.4. The molecule has 0 fully saturated rings. The van der Waals surface area contributed by atoms with Gasteiger partial charge in [-0.1, -0.05) is 13.8 Å². The molecule has 232 valence electrons. The van der Waals surface area contributed by atoms with Gasteiger partial charge < -0.3 is 31.6 Å². The third-order valence-electron chi connectivity index (χ3n) is 7.46. The smallest absolute Gasteiger partial charge is 0.329 e. The predicted octanol–water partition coefficient (Wildman–Crippen LogP) is 1.86. The van der Waals surface area contributed by atoms with Crippen molar-refractivity contribution in [2.24, 2.45) is 5.73 Å². The topological polar surface area (TPSA) is 170 Å². The van der Waals surface area contributed by atoms with Gasteiger partial charge in [-0.2, -0.15) is 0 Å². The number of hydrogen-bond donors (Lipinski definition) is 5. The van der Waals surface area contributed by atoms with Gasteiger partial charge in [0.05, 0.1) is 29.4 Å². The Labute approximate surface area is 250 Å². The van der Waals surface area contributed by atoms with Crippen LogP contribution in [0.25, 0.3) is 11.6 Å². The first kappa shape index (κ1) is 33.1. The van der Waals surface area contributed by atoms with Crippen LogP contribution in [0.2, 0.25) is 0 Å². The van der Waals surface area contributed by atoms with Gasteiger partial charge in [0.15, 0.2) is 5.78 Å². The fourth-order valence-corrected chi connectivity index (χ4v) is 4.98. The van der Waals surface area contributed by atoms with Crippen molar-refractivity contribution >= 4 is 46.9 Å². The first-order valence-corrected chi connectivity index (χ1v) is 14.3. The molecule has 0 aliphatic carbocycles. The van der Waals surface area contributed by atoms with Crippen molar-refractivity contribution in [3.63, 3.8) is 0 Å². The van der Waals surface area contributed by atoms with Crippen molar-refractivity contribution in [3.05, 3.63) is 52.1 Å². The molecule has 0 bridgehead atoms. The van der Waals surface area contributed by atoms with Crippen molar-refractivity contribution < 1.29 is 28.4 Å². The summed E-state index contributed by atoms with van der Waals surface area (Å²) in [5, 5.41) is 8.01. The largest absolute Gasteiger partial charge is 0.358 e. The highest BCUT2D eigenvalue weighted by atomic mass is 19.1. The van der Waals surface area contributed by atoms with Crippen molar-refractivity contribution in [1.29, 1.82) is 0 Å². The lowest BCUT2D eigenvalue weighted by molar-refractivity contribution is -0.121. The molecule has 1 aromatic heterocycles. The van der Waals surface area contributed by atoms with Crippen LogP contribution in [0, 0.1) is 19.7 Å². The molecule has 3 rings (SSSR count). The number of nitrogens with one attached hydrogen (secondary N) is 4. The van der Waals surface area contributed by atoms with Crippen molar-refractivity contribution in [1.82, 2.24) is 25.8 Å². The van der Waals surface area contributed by atoms with Crippen LogP contribution in [0.1, 0.15) is 60.1 Å². The highest BCUT2D eigenvalue weighted by molar-refractivity contribution is 6.42. The second-order valence-corrected chi connectivity index (χ2v) is 10.3. The maximum atomic E-state index is 14.3. The van der Waals surface area contributed by atoms with E-state index in [0.29, 0.717) is 35.6 Å². The van der Waals surface area contributed by atoms with Gasteiger partial charge in [0.2, 0.25) is 5.91 Å². The molecule has 1 aromatic carbocycles. The zero-order valence-corrected chi connectivity index (χ0v) is 25.2. The van der Waals surface area contributed by atoms with E-state index < -0.39 is 29.7 Å². The maximum Gasteiger partial charge on any atom is 0.329 e. The van der Waals surface area contributed by atoms with Crippen LogP contribution in [0.4, 0.5) is 14.9 Å². The fourth-order valence-electron chi connectivity index (χ4n) is 4.98. The van der Waals surface area contributed by atoms with Crippen LogP contribution in [0.3, 0.4) is 0 Å². The predicted molar refractivity (Wildman–Crippen MR) is 162 cm³/mol. The summed E-state index contributed by atoms with van der Waals surface area (Å²) in [6, 6.07) is 1.73. The highest BCUT2D eigenvalue weighted by Crippen LogP contribution is 2.39. The number of Topliss-reactive ketones (excluding diaryl/α,β-unsaturated/α-hetero) is 1. The Balaban J connectivity index is 1.88. The molecular formula is C30H40FN7O5. The highest BCUT2D eigenvalue weighted by Gasteiger charge is 2.38. The van der Waals surface area contributed by atoms with E-state index in [9.17, 15) is 28.4 Å². The van der Waals surface area contributed by atoms with Gasteiger partial charge in [-0.15, -0.1) is 0 Å². The molecule has 5 amide bonds. The van der Waals surface area contributed by atoms with Crippen molar-refractivity contribution in [3.8, 4) is 0 Å². The molecular weight excluding hydrogens is 557 g/mol. The third kappa shape index (κ3) is 7.73. The molecule has 0 saturated carbocycles. The Bertz CT molecular complexity index is 1430. The van der Waals surface area contributed by atoms with Crippen molar-refractivity contribution in [2.45, 2.75) is 47.1 Å². The summed E-state index contributed by atoms with van der Waals surface area (Å²) in [5.74, 6) is -2.38. The van der Waals surface area contributed by atoms with Crippen molar-refractivity contribution in [2.75, 3.05) is 44.2 Å². The van der Waals surface area contributed by atoms with Crippen LogP contribution < -0.4 is 26.6 Å². The monoisotopic (exact) mass is 597 g/mol. The molecule has 0 spiro atoms. The second kappa shape index (κ2) is 14.7. The number of carbonyl (C=O) groups is 5. The summed E-state index contributed by atoms with van der Waals surface area (Å²) in [4.78, 5) is 69.8. The molecule has 2 aromatic rings. The third-order valence-corrected chi connectivity index (χ3v) is 7.46. The molecule has 0 radical (unpaired) electrons. The zero-order chi connectivity index (χ0) is 31.8. The Hall–Kier alpha value is -4.36. The van der Waals surface area contributed by atoms with Crippen LogP contribution in [0.15, 0.2) is 18.2 Å². The van der Waals surface area contributed by atoms with E-state index in [-0.39, 0.29) is 48.0 Å².